The van der Waals surface area contributed by atoms with Gasteiger partial charge in [-0.25, -0.2) is 0 Å². The first kappa shape index (κ1) is 10.1. The smallest absolute Gasteiger partial charge is 0.0922 e. The van der Waals surface area contributed by atoms with Gasteiger partial charge in [-0.15, -0.1) is 0 Å². The average molecular weight is 208 g/mol. The molecule has 1 saturated heterocycles. The summed E-state index contributed by atoms with van der Waals surface area (Å²) >= 11 is 0. The summed E-state index contributed by atoms with van der Waals surface area (Å²) in [5.41, 5.74) is 1.50. The first-order valence-corrected chi connectivity index (χ1v) is 6.60. The molecule has 0 unspecified atom stereocenters. The molecule has 1 spiro atoms. The Labute approximate surface area is 93.6 Å². The monoisotopic (exact) mass is 208 g/mol. The van der Waals surface area contributed by atoms with Crippen LogP contribution >= 0.6 is 0 Å². The average Bonchev–Trinajstić information content (AvgIpc) is 2.81. The van der Waals surface area contributed by atoms with Gasteiger partial charge < -0.3 is 4.74 Å². The fourth-order valence-electron chi connectivity index (χ4n) is 4.77. The van der Waals surface area contributed by atoms with Crippen LogP contribution in [0.25, 0.3) is 0 Å². The molecule has 0 aromatic carbocycles. The zero-order valence-corrected chi connectivity index (χ0v) is 10.4. The zero-order valence-electron chi connectivity index (χ0n) is 10.4. The third-order valence-electron chi connectivity index (χ3n) is 5.52. The summed E-state index contributed by atoms with van der Waals surface area (Å²) in [6, 6.07) is 0. The van der Waals surface area contributed by atoms with Gasteiger partial charge in [0.25, 0.3) is 0 Å². The van der Waals surface area contributed by atoms with E-state index in [0.29, 0.717) is 16.4 Å². The topological polar surface area (TPSA) is 12.5 Å². The van der Waals surface area contributed by atoms with Crippen LogP contribution < -0.4 is 0 Å². The summed E-state index contributed by atoms with van der Waals surface area (Å²) in [6.07, 6.45) is 8.37. The standard InChI is InChI=1S/C14H24O/c1-12(2)6-4-7-13(3)9-14(10-15-14)8-5-11(12)13/h11H,4-10H2,1-3H3/t11-,13+,14+/m0/s1. The SMILES string of the molecule is CC1(C)CCC[C@]2(C)C[C@]3(CC[C@@H]12)CO3. The zero-order chi connectivity index (χ0) is 10.7. The van der Waals surface area contributed by atoms with E-state index >= 15 is 0 Å². The van der Waals surface area contributed by atoms with Crippen molar-refractivity contribution in [2.75, 3.05) is 6.61 Å². The number of rotatable bonds is 0. The third kappa shape index (κ3) is 1.46. The van der Waals surface area contributed by atoms with Gasteiger partial charge in [0.2, 0.25) is 0 Å². The third-order valence-corrected chi connectivity index (χ3v) is 5.52. The number of ether oxygens (including phenoxy) is 1. The van der Waals surface area contributed by atoms with E-state index in [0.717, 1.165) is 12.5 Å². The molecule has 0 aromatic rings. The lowest BCUT2D eigenvalue weighted by Gasteiger charge is -2.55. The van der Waals surface area contributed by atoms with E-state index in [9.17, 15) is 0 Å². The van der Waals surface area contributed by atoms with Crippen molar-refractivity contribution in [3.63, 3.8) is 0 Å². The van der Waals surface area contributed by atoms with Crippen molar-refractivity contribution in [1.82, 2.24) is 0 Å². The molecule has 15 heavy (non-hydrogen) atoms. The van der Waals surface area contributed by atoms with Crippen LogP contribution in [0.4, 0.5) is 0 Å². The van der Waals surface area contributed by atoms with Crippen molar-refractivity contribution in [2.45, 2.75) is 64.9 Å². The van der Waals surface area contributed by atoms with E-state index in [-0.39, 0.29) is 0 Å². The molecule has 2 aliphatic carbocycles. The highest BCUT2D eigenvalue weighted by atomic mass is 16.6. The van der Waals surface area contributed by atoms with E-state index in [1.165, 1.54) is 38.5 Å². The van der Waals surface area contributed by atoms with Crippen molar-refractivity contribution in [3.05, 3.63) is 0 Å². The molecule has 0 aromatic heterocycles. The number of hydrogen-bond acceptors (Lipinski definition) is 1. The maximum absolute atomic E-state index is 5.72. The van der Waals surface area contributed by atoms with E-state index in [4.69, 9.17) is 4.74 Å². The molecular formula is C14H24O. The molecule has 0 radical (unpaired) electrons. The molecule has 3 atom stereocenters. The predicted molar refractivity (Wildman–Crippen MR) is 61.8 cm³/mol. The lowest BCUT2D eigenvalue weighted by Crippen LogP contribution is -2.48. The van der Waals surface area contributed by atoms with Crippen LogP contribution in [0.15, 0.2) is 0 Å². The van der Waals surface area contributed by atoms with Crippen LogP contribution in [0.5, 0.6) is 0 Å². The molecule has 1 aliphatic heterocycles. The molecular weight excluding hydrogens is 184 g/mol. The minimum absolute atomic E-state index is 0.346. The summed E-state index contributed by atoms with van der Waals surface area (Å²) in [7, 11) is 0. The number of hydrogen-bond donors (Lipinski definition) is 0. The minimum atomic E-state index is 0.346. The highest BCUT2D eigenvalue weighted by Gasteiger charge is 2.58. The second-order valence-corrected chi connectivity index (χ2v) is 7.24. The summed E-state index contributed by atoms with van der Waals surface area (Å²) in [6.45, 7) is 8.55. The lowest BCUT2D eigenvalue weighted by molar-refractivity contribution is -0.0566. The maximum Gasteiger partial charge on any atom is 0.0922 e. The second-order valence-electron chi connectivity index (χ2n) is 7.24. The van der Waals surface area contributed by atoms with E-state index in [1.807, 2.05) is 0 Å². The summed E-state index contributed by atoms with van der Waals surface area (Å²) in [4.78, 5) is 0. The van der Waals surface area contributed by atoms with Gasteiger partial charge in [-0.05, 0) is 48.9 Å². The van der Waals surface area contributed by atoms with Crippen LogP contribution in [0.2, 0.25) is 0 Å². The predicted octanol–water partition coefficient (Wildman–Crippen LogP) is 3.77. The van der Waals surface area contributed by atoms with Gasteiger partial charge in [0.1, 0.15) is 0 Å². The molecule has 0 amide bonds. The largest absolute Gasteiger partial charge is 0.370 e. The molecule has 1 nitrogen and oxygen atoms in total. The van der Waals surface area contributed by atoms with Crippen molar-refractivity contribution in [2.24, 2.45) is 16.7 Å². The van der Waals surface area contributed by atoms with E-state index in [2.05, 4.69) is 20.8 Å². The Kier molecular flexibility index (Phi) is 1.89. The van der Waals surface area contributed by atoms with Crippen LogP contribution in [0.1, 0.15) is 59.3 Å². The van der Waals surface area contributed by atoms with Crippen molar-refractivity contribution in [3.8, 4) is 0 Å². The van der Waals surface area contributed by atoms with Crippen molar-refractivity contribution in [1.29, 1.82) is 0 Å². The molecule has 3 aliphatic rings. The Balaban J connectivity index is 1.87. The minimum Gasteiger partial charge on any atom is -0.370 e. The van der Waals surface area contributed by atoms with Crippen LogP contribution in [0, 0.1) is 16.7 Å². The van der Waals surface area contributed by atoms with Gasteiger partial charge in [-0.2, -0.15) is 0 Å². The summed E-state index contributed by atoms with van der Waals surface area (Å²) in [5.74, 6) is 0.938. The van der Waals surface area contributed by atoms with Gasteiger partial charge in [0.15, 0.2) is 0 Å². The van der Waals surface area contributed by atoms with E-state index < -0.39 is 0 Å². The Morgan fingerprint density at radius 2 is 1.80 bits per heavy atom. The van der Waals surface area contributed by atoms with Gasteiger partial charge in [0, 0.05) is 0 Å². The maximum atomic E-state index is 5.72. The van der Waals surface area contributed by atoms with Crippen LogP contribution in [0.3, 0.4) is 0 Å². The van der Waals surface area contributed by atoms with Crippen molar-refractivity contribution < 1.29 is 4.74 Å². The first-order valence-electron chi connectivity index (χ1n) is 6.60. The van der Waals surface area contributed by atoms with Crippen LogP contribution in [-0.4, -0.2) is 12.2 Å². The highest BCUT2D eigenvalue weighted by Crippen LogP contribution is 2.62. The highest BCUT2D eigenvalue weighted by molar-refractivity contribution is 5.08. The Morgan fingerprint density at radius 1 is 1.07 bits per heavy atom. The lowest BCUT2D eigenvalue weighted by atomic mass is 9.50. The molecule has 1 heteroatoms. The first-order chi connectivity index (χ1) is 6.96. The molecule has 3 rings (SSSR count). The molecule has 2 saturated carbocycles. The van der Waals surface area contributed by atoms with Gasteiger partial charge in [-0.3, -0.25) is 0 Å². The fourth-order valence-corrected chi connectivity index (χ4v) is 4.77. The Bertz CT molecular complexity index is 277. The summed E-state index contributed by atoms with van der Waals surface area (Å²) < 4.78 is 5.72. The molecule has 0 bridgehead atoms. The van der Waals surface area contributed by atoms with Gasteiger partial charge >= 0.3 is 0 Å². The number of epoxide rings is 1. The molecule has 86 valence electrons. The molecule has 1 heterocycles. The van der Waals surface area contributed by atoms with Gasteiger partial charge in [-0.1, -0.05) is 27.2 Å². The van der Waals surface area contributed by atoms with E-state index in [1.54, 1.807) is 0 Å². The number of fused-ring (bicyclic) bond motifs is 1. The van der Waals surface area contributed by atoms with Crippen molar-refractivity contribution >= 4 is 0 Å². The Hall–Kier alpha value is -0.0400. The molecule has 0 N–H and O–H groups in total. The molecule has 3 fully saturated rings. The summed E-state index contributed by atoms with van der Waals surface area (Å²) in [5, 5.41) is 0. The Morgan fingerprint density at radius 3 is 2.47 bits per heavy atom. The fraction of sp³-hybridized carbons (Fsp3) is 1.00. The van der Waals surface area contributed by atoms with Crippen LogP contribution in [-0.2, 0) is 4.74 Å². The second kappa shape index (κ2) is 2.80. The normalized spacial score (nSPS) is 52.6. The van der Waals surface area contributed by atoms with Gasteiger partial charge in [0.05, 0.1) is 12.2 Å². The quantitative estimate of drug-likeness (QED) is 0.552.